The van der Waals surface area contributed by atoms with Crippen molar-refractivity contribution >= 4 is 33.2 Å². The molecule has 122 valence electrons. The maximum atomic E-state index is 12.5. The highest BCUT2D eigenvalue weighted by atomic mass is 32.1. The average Bonchev–Trinajstić information content (AvgIpc) is 2.90. The first-order valence-corrected chi connectivity index (χ1v) is 8.73. The molecule has 1 aliphatic rings. The normalized spacial score (nSPS) is 16.8. The van der Waals surface area contributed by atoms with Crippen LogP contribution < -0.4 is 15.4 Å². The number of benzene rings is 1. The minimum atomic E-state index is -0.428. The summed E-state index contributed by atoms with van der Waals surface area (Å²) in [6, 6.07) is 11.1. The fourth-order valence-corrected chi connectivity index (χ4v) is 4.00. The molecule has 0 radical (unpaired) electrons. The van der Waals surface area contributed by atoms with Gasteiger partial charge in [0, 0.05) is 17.4 Å². The number of esters is 1. The van der Waals surface area contributed by atoms with Crippen LogP contribution in [0.5, 0.6) is 5.75 Å². The molecule has 3 heterocycles. The molecular weight excluding hydrogens is 322 g/mol. The monoisotopic (exact) mass is 340 g/mol. The van der Waals surface area contributed by atoms with Gasteiger partial charge in [-0.3, -0.25) is 0 Å². The smallest absolute Gasteiger partial charge is 0.355 e. The van der Waals surface area contributed by atoms with Gasteiger partial charge >= 0.3 is 5.97 Å². The first-order chi connectivity index (χ1) is 11.6. The van der Waals surface area contributed by atoms with Crippen LogP contribution in [-0.2, 0) is 13.0 Å². The summed E-state index contributed by atoms with van der Waals surface area (Å²) < 4.78 is 5.41. The van der Waals surface area contributed by atoms with E-state index in [1.54, 1.807) is 12.1 Å². The number of pyridine rings is 1. The van der Waals surface area contributed by atoms with E-state index in [9.17, 15) is 4.79 Å². The van der Waals surface area contributed by atoms with E-state index in [-0.39, 0.29) is 0 Å². The number of carbonyl (C=O) groups excluding carboxylic acids is 1. The Morgan fingerprint density at radius 2 is 2.12 bits per heavy atom. The molecule has 3 N–H and O–H groups in total. The lowest BCUT2D eigenvalue weighted by molar-refractivity contribution is -0.895. The number of rotatable bonds is 2. The number of nitrogen functional groups attached to an aromatic ring is 1. The molecule has 0 spiro atoms. The van der Waals surface area contributed by atoms with Gasteiger partial charge in [0.05, 0.1) is 25.0 Å². The van der Waals surface area contributed by atoms with Gasteiger partial charge in [-0.1, -0.05) is 18.2 Å². The standard InChI is InChI=1S/C18H17N3O2S/c1-21-8-7-14-11(10-21)9-13-15(19)16(24-17(13)20-14)18(22)23-12-5-3-2-4-6-12/h2-6,9H,7-8,10,19H2,1H3/p+1. The first-order valence-electron chi connectivity index (χ1n) is 7.91. The zero-order chi connectivity index (χ0) is 16.7. The van der Waals surface area contributed by atoms with E-state index in [0.29, 0.717) is 16.3 Å². The van der Waals surface area contributed by atoms with Gasteiger partial charge in [-0.15, -0.1) is 11.3 Å². The lowest BCUT2D eigenvalue weighted by Gasteiger charge is -2.21. The molecule has 0 fully saturated rings. The van der Waals surface area contributed by atoms with Crippen molar-refractivity contribution in [3.63, 3.8) is 0 Å². The predicted molar refractivity (Wildman–Crippen MR) is 94.6 cm³/mol. The van der Waals surface area contributed by atoms with Crippen molar-refractivity contribution in [3.8, 4) is 5.75 Å². The molecule has 0 bridgehead atoms. The van der Waals surface area contributed by atoms with Gasteiger partial charge in [0.25, 0.3) is 0 Å². The van der Waals surface area contributed by atoms with Crippen LogP contribution in [0.4, 0.5) is 5.69 Å². The van der Waals surface area contributed by atoms with Crippen LogP contribution in [0.3, 0.4) is 0 Å². The van der Waals surface area contributed by atoms with Crippen LogP contribution in [0.2, 0.25) is 0 Å². The molecule has 1 atom stereocenters. The topological polar surface area (TPSA) is 69.7 Å². The quantitative estimate of drug-likeness (QED) is 0.550. The molecule has 1 aromatic carbocycles. The van der Waals surface area contributed by atoms with E-state index in [1.807, 2.05) is 18.2 Å². The zero-order valence-electron chi connectivity index (χ0n) is 13.3. The van der Waals surface area contributed by atoms with Crippen LogP contribution in [-0.4, -0.2) is 24.5 Å². The second kappa shape index (κ2) is 5.89. The maximum absolute atomic E-state index is 12.5. The molecule has 1 aliphatic heterocycles. The highest BCUT2D eigenvalue weighted by molar-refractivity contribution is 7.21. The SMILES string of the molecule is C[NH+]1CCc2nc3sc(C(=O)Oc4ccccc4)c(N)c3cc2C1. The number of nitrogens with one attached hydrogen (secondary N) is 1. The summed E-state index contributed by atoms with van der Waals surface area (Å²) in [5.74, 6) is 0.0826. The fraction of sp³-hybridized carbons (Fsp3) is 0.222. The Kier molecular flexibility index (Phi) is 3.70. The largest absolute Gasteiger partial charge is 0.422 e. The molecule has 3 aromatic rings. The van der Waals surface area contributed by atoms with Crippen molar-refractivity contribution in [1.29, 1.82) is 0 Å². The zero-order valence-corrected chi connectivity index (χ0v) is 14.2. The number of anilines is 1. The number of nitrogens with zero attached hydrogens (tertiary/aromatic N) is 1. The average molecular weight is 340 g/mol. The van der Waals surface area contributed by atoms with Crippen molar-refractivity contribution in [2.24, 2.45) is 0 Å². The number of ether oxygens (including phenoxy) is 1. The summed E-state index contributed by atoms with van der Waals surface area (Å²) in [6.07, 6.45) is 0.957. The Hall–Kier alpha value is -2.44. The van der Waals surface area contributed by atoms with E-state index in [2.05, 4.69) is 13.1 Å². The third-order valence-corrected chi connectivity index (χ3v) is 5.40. The van der Waals surface area contributed by atoms with Gasteiger partial charge in [-0.05, 0) is 18.2 Å². The molecule has 1 unspecified atom stereocenters. The molecule has 0 aliphatic carbocycles. The number of hydrogen-bond acceptors (Lipinski definition) is 5. The first kappa shape index (κ1) is 15.1. The molecule has 2 aromatic heterocycles. The maximum Gasteiger partial charge on any atom is 0.355 e. The fourth-order valence-electron chi connectivity index (χ4n) is 3.03. The van der Waals surface area contributed by atoms with E-state index in [0.717, 1.165) is 35.4 Å². The molecule has 6 heteroatoms. The third kappa shape index (κ3) is 2.64. The van der Waals surface area contributed by atoms with Crippen molar-refractivity contribution in [2.45, 2.75) is 13.0 Å². The van der Waals surface area contributed by atoms with Crippen molar-refractivity contribution in [3.05, 3.63) is 52.5 Å². The van der Waals surface area contributed by atoms with Crippen molar-refractivity contribution in [1.82, 2.24) is 4.98 Å². The van der Waals surface area contributed by atoms with Crippen molar-refractivity contribution < 1.29 is 14.4 Å². The van der Waals surface area contributed by atoms with Gasteiger partial charge in [0.15, 0.2) is 0 Å². The summed E-state index contributed by atoms with van der Waals surface area (Å²) in [5.41, 5.74) is 9.03. The molecule has 4 rings (SSSR count). The van der Waals surface area contributed by atoms with E-state index >= 15 is 0 Å². The number of aromatic nitrogens is 1. The number of quaternary nitrogens is 1. The summed E-state index contributed by atoms with van der Waals surface area (Å²) in [4.78, 5) is 19.9. The van der Waals surface area contributed by atoms with Gasteiger partial charge < -0.3 is 15.4 Å². The molecular formula is C18H18N3O2S+. The van der Waals surface area contributed by atoms with Crippen LogP contribution in [0, 0.1) is 0 Å². The Balaban J connectivity index is 1.71. The lowest BCUT2D eigenvalue weighted by Crippen LogP contribution is -3.08. The minimum absolute atomic E-state index is 0.421. The van der Waals surface area contributed by atoms with E-state index in [4.69, 9.17) is 15.5 Å². The van der Waals surface area contributed by atoms with Crippen LogP contribution >= 0.6 is 11.3 Å². The van der Waals surface area contributed by atoms with E-state index < -0.39 is 5.97 Å². The number of hydrogen-bond donors (Lipinski definition) is 2. The second-order valence-electron chi connectivity index (χ2n) is 6.13. The Labute approximate surface area is 143 Å². The van der Waals surface area contributed by atoms with Gasteiger partial charge in [0.2, 0.25) is 0 Å². The Morgan fingerprint density at radius 3 is 2.92 bits per heavy atom. The molecule has 5 nitrogen and oxygen atoms in total. The lowest BCUT2D eigenvalue weighted by atomic mass is 10.0. The number of thiophene rings is 1. The molecule has 0 amide bonds. The van der Waals surface area contributed by atoms with Crippen LogP contribution in [0.15, 0.2) is 36.4 Å². The van der Waals surface area contributed by atoms with Gasteiger partial charge in [-0.25, -0.2) is 9.78 Å². The number of likely N-dealkylation sites (N-methyl/N-ethyl adjacent to an activating group) is 1. The van der Waals surface area contributed by atoms with Crippen LogP contribution in [0.25, 0.3) is 10.2 Å². The van der Waals surface area contributed by atoms with Gasteiger partial charge in [0.1, 0.15) is 22.0 Å². The number of carbonyl (C=O) groups is 1. The number of fused-ring (bicyclic) bond motifs is 2. The minimum Gasteiger partial charge on any atom is -0.422 e. The third-order valence-electron chi connectivity index (χ3n) is 4.31. The predicted octanol–water partition coefficient (Wildman–Crippen LogP) is 1.67. The Bertz CT molecular complexity index is 921. The second-order valence-corrected chi connectivity index (χ2v) is 7.13. The highest BCUT2D eigenvalue weighted by Crippen LogP contribution is 2.34. The molecule has 0 saturated heterocycles. The Morgan fingerprint density at radius 1 is 1.33 bits per heavy atom. The summed E-state index contributed by atoms with van der Waals surface area (Å²) in [7, 11) is 2.17. The summed E-state index contributed by atoms with van der Waals surface area (Å²) in [5, 5.41) is 0.855. The van der Waals surface area contributed by atoms with Gasteiger partial charge in [-0.2, -0.15) is 0 Å². The summed E-state index contributed by atoms with van der Waals surface area (Å²) >= 11 is 1.31. The van der Waals surface area contributed by atoms with E-state index in [1.165, 1.54) is 21.8 Å². The molecule has 24 heavy (non-hydrogen) atoms. The number of nitrogens with two attached hydrogens (primary N) is 1. The van der Waals surface area contributed by atoms with Crippen LogP contribution in [0.1, 0.15) is 20.9 Å². The molecule has 0 saturated carbocycles. The number of para-hydroxylation sites is 1. The highest BCUT2D eigenvalue weighted by Gasteiger charge is 2.23. The summed E-state index contributed by atoms with van der Waals surface area (Å²) in [6.45, 7) is 2.02. The van der Waals surface area contributed by atoms with Crippen molar-refractivity contribution in [2.75, 3.05) is 19.3 Å².